The van der Waals surface area contributed by atoms with Gasteiger partial charge in [0.05, 0.1) is 13.2 Å². The molecule has 1 fully saturated rings. The number of aliphatic hydroxyl groups excluding tert-OH is 5. The number of hydrogen-bond acceptors (Lipinski definition) is 11. The summed E-state index contributed by atoms with van der Waals surface area (Å²) in [6.45, 7) is 4.28. The highest BCUT2D eigenvalue weighted by molar-refractivity contribution is 7.47. The summed E-state index contributed by atoms with van der Waals surface area (Å²) >= 11 is 0. The summed E-state index contributed by atoms with van der Waals surface area (Å²) in [6, 6.07) is 0. The fourth-order valence-corrected chi connectivity index (χ4v) is 8.68. The van der Waals surface area contributed by atoms with E-state index >= 15 is 0 Å². The van der Waals surface area contributed by atoms with E-state index < -0.39 is 63.1 Å². The average molecular weight is 879 g/mol. The Morgan fingerprint density at radius 2 is 0.883 bits per heavy atom. The van der Waals surface area contributed by atoms with Gasteiger partial charge in [-0.1, -0.05) is 187 Å². The highest BCUT2D eigenvalue weighted by atomic mass is 31.2. The summed E-state index contributed by atoms with van der Waals surface area (Å²) in [4.78, 5) is 23.2. The van der Waals surface area contributed by atoms with Gasteiger partial charge in [0.25, 0.3) is 0 Å². The van der Waals surface area contributed by atoms with Crippen LogP contribution in [0, 0.1) is 0 Å². The maximum Gasteiger partial charge on any atom is 0.472 e. The fraction of sp³-hybridized carbons (Fsp3) is 0.936. The summed E-state index contributed by atoms with van der Waals surface area (Å²) in [6.07, 6.45) is 29.9. The van der Waals surface area contributed by atoms with Gasteiger partial charge in [0.15, 0.2) is 0 Å². The van der Waals surface area contributed by atoms with Gasteiger partial charge in [0.2, 0.25) is 0 Å². The molecule has 13 heteroatoms. The Bertz CT molecular complexity index is 1050. The van der Waals surface area contributed by atoms with Crippen molar-refractivity contribution >= 4 is 13.8 Å². The lowest BCUT2D eigenvalue weighted by atomic mass is 9.85. The van der Waals surface area contributed by atoms with Crippen LogP contribution in [0.3, 0.4) is 0 Å². The molecule has 60 heavy (non-hydrogen) atoms. The Balaban J connectivity index is 2.35. The van der Waals surface area contributed by atoms with Crippen LogP contribution in [0.15, 0.2) is 12.2 Å². The first-order valence-electron chi connectivity index (χ1n) is 24.5. The van der Waals surface area contributed by atoms with E-state index in [1.807, 2.05) is 0 Å². The van der Waals surface area contributed by atoms with Crippen molar-refractivity contribution in [2.45, 2.75) is 262 Å². The maximum atomic E-state index is 12.8. The maximum absolute atomic E-state index is 12.8. The molecule has 6 N–H and O–H groups in total. The van der Waals surface area contributed by atoms with E-state index in [1.54, 1.807) is 0 Å². The quantitative estimate of drug-likeness (QED) is 0.0147. The average Bonchev–Trinajstić information content (AvgIpc) is 3.23. The summed E-state index contributed by atoms with van der Waals surface area (Å²) in [5.74, 6) is -0.475. The van der Waals surface area contributed by atoms with E-state index in [9.17, 15) is 39.8 Å². The van der Waals surface area contributed by atoms with Crippen LogP contribution in [0.4, 0.5) is 0 Å². The molecule has 6 unspecified atom stereocenters. The molecule has 0 saturated heterocycles. The van der Waals surface area contributed by atoms with Crippen LogP contribution in [0.2, 0.25) is 0 Å². The van der Waals surface area contributed by atoms with Gasteiger partial charge in [-0.15, -0.1) is 0 Å². The van der Waals surface area contributed by atoms with Crippen molar-refractivity contribution in [3.63, 3.8) is 0 Å². The molecule has 1 aliphatic rings. The van der Waals surface area contributed by atoms with Crippen molar-refractivity contribution < 1.29 is 58.3 Å². The number of carbonyl (C=O) groups excluding carboxylic acids is 1. The minimum absolute atomic E-state index is 0.0715. The Labute approximate surface area is 365 Å². The second-order valence-corrected chi connectivity index (χ2v) is 18.7. The lowest BCUT2D eigenvalue weighted by Gasteiger charge is -2.41. The number of ether oxygens (including phenoxy) is 2. The Morgan fingerprint density at radius 3 is 1.32 bits per heavy atom. The van der Waals surface area contributed by atoms with Crippen molar-refractivity contribution in [3.8, 4) is 0 Å². The van der Waals surface area contributed by atoms with E-state index in [1.165, 1.54) is 154 Å². The molecule has 0 amide bonds. The molecular weight excluding hydrogens is 787 g/mol. The Hall–Kier alpha value is -0.920. The zero-order chi connectivity index (χ0) is 44.1. The third-order valence-electron chi connectivity index (χ3n) is 11.6. The number of rotatable bonds is 42. The zero-order valence-corrected chi connectivity index (χ0v) is 38.9. The lowest BCUT2D eigenvalue weighted by molar-refractivity contribution is -0.220. The molecule has 0 aliphatic heterocycles. The minimum Gasteiger partial charge on any atom is -0.457 e. The number of esters is 1. The molecule has 0 heterocycles. The van der Waals surface area contributed by atoms with Gasteiger partial charge in [-0.2, -0.15) is 0 Å². The number of unbranched alkanes of at least 4 members (excludes halogenated alkanes) is 28. The van der Waals surface area contributed by atoms with Gasteiger partial charge in [-0.05, 0) is 38.5 Å². The van der Waals surface area contributed by atoms with Crippen molar-refractivity contribution in [1.82, 2.24) is 0 Å². The molecule has 0 spiro atoms. The fourth-order valence-electron chi connectivity index (χ4n) is 7.70. The van der Waals surface area contributed by atoms with Crippen molar-refractivity contribution in [3.05, 3.63) is 12.2 Å². The summed E-state index contributed by atoms with van der Waals surface area (Å²) in [5, 5.41) is 50.2. The van der Waals surface area contributed by atoms with Crippen molar-refractivity contribution in [2.75, 3.05) is 19.8 Å². The minimum atomic E-state index is -5.01. The molecule has 0 radical (unpaired) electrons. The molecule has 0 bridgehead atoms. The number of hydrogen-bond donors (Lipinski definition) is 6. The zero-order valence-electron chi connectivity index (χ0n) is 38.0. The third kappa shape index (κ3) is 30.2. The SMILES string of the molecule is CCCCCCCC/C=C\CCCCCCCCCCCC(=O)OC(COCCCCCCCCCCCCCCCC)COP(=O)(O)OC1C(O)C(O)C(O)C(O)C1O. The lowest BCUT2D eigenvalue weighted by Crippen LogP contribution is -2.64. The molecule has 0 aromatic carbocycles. The highest BCUT2D eigenvalue weighted by Gasteiger charge is 2.51. The van der Waals surface area contributed by atoms with Gasteiger partial charge in [0, 0.05) is 13.0 Å². The normalized spacial score (nSPS) is 22.3. The topological polar surface area (TPSA) is 192 Å². The van der Waals surface area contributed by atoms with Crippen LogP contribution in [-0.2, 0) is 27.9 Å². The van der Waals surface area contributed by atoms with Gasteiger partial charge in [0.1, 0.15) is 42.7 Å². The third-order valence-corrected chi connectivity index (χ3v) is 12.6. The molecular formula is C47H91O12P. The van der Waals surface area contributed by atoms with Gasteiger partial charge in [-0.3, -0.25) is 13.8 Å². The molecule has 1 aliphatic carbocycles. The smallest absolute Gasteiger partial charge is 0.457 e. The van der Waals surface area contributed by atoms with Crippen molar-refractivity contribution in [2.24, 2.45) is 0 Å². The highest BCUT2D eigenvalue weighted by Crippen LogP contribution is 2.47. The molecule has 12 nitrogen and oxygen atoms in total. The van der Waals surface area contributed by atoms with E-state index in [4.69, 9.17) is 18.5 Å². The van der Waals surface area contributed by atoms with E-state index in [0.29, 0.717) is 13.0 Å². The van der Waals surface area contributed by atoms with Crippen LogP contribution >= 0.6 is 7.82 Å². The number of aliphatic hydroxyl groups is 5. The van der Waals surface area contributed by atoms with Crippen LogP contribution in [0.5, 0.6) is 0 Å². The first kappa shape index (κ1) is 57.1. The van der Waals surface area contributed by atoms with Gasteiger partial charge >= 0.3 is 13.8 Å². The van der Waals surface area contributed by atoms with Crippen LogP contribution < -0.4 is 0 Å². The molecule has 0 aromatic rings. The van der Waals surface area contributed by atoms with Gasteiger partial charge < -0.3 is 39.9 Å². The molecule has 1 saturated carbocycles. The van der Waals surface area contributed by atoms with Crippen LogP contribution in [0.25, 0.3) is 0 Å². The molecule has 0 aromatic heterocycles. The largest absolute Gasteiger partial charge is 0.472 e. The summed E-state index contributed by atoms with van der Waals surface area (Å²) in [7, 11) is -5.01. The Kier molecular flexibility index (Phi) is 36.7. The number of allylic oxidation sites excluding steroid dienone is 2. The second kappa shape index (κ2) is 38.5. The van der Waals surface area contributed by atoms with Crippen molar-refractivity contribution in [1.29, 1.82) is 0 Å². The molecule has 1 rings (SSSR count). The number of carbonyl (C=O) groups is 1. The van der Waals surface area contributed by atoms with E-state index in [-0.39, 0.29) is 13.0 Å². The van der Waals surface area contributed by atoms with Crippen LogP contribution in [0.1, 0.15) is 219 Å². The molecule has 356 valence electrons. The van der Waals surface area contributed by atoms with Crippen LogP contribution in [-0.4, -0.2) is 98.9 Å². The Morgan fingerprint density at radius 1 is 0.517 bits per heavy atom. The predicted octanol–water partition coefficient (Wildman–Crippen LogP) is 10.3. The number of phosphoric ester groups is 1. The molecule has 6 atom stereocenters. The summed E-state index contributed by atoms with van der Waals surface area (Å²) in [5.41, 5.74) is 0. The van der Waals surface area contributed by atoms with Gasteiger partial charge in [-0.25, -0.2) is 4.57 Å². The van der Waals surface area contributed by atoms with E-state index in [2.05, 4.69) is 26.0 Å². The first-order valence-corrected chi connectivity index (χ1v) is 26.0. The predicted molar refractivity (Wildman–Crippen MR) is 240 cm³/mol. The monoisotopic (exact) mass is 879 g/mol. The number of phosphoric acid groups is 1. The standard InChI is InChI=1S/C47H91O12P/c1-3-5-7-9-11-13-15-17-19-20-21-22-23-24-26-28-30-32-34-36-41(48)58-40(38-56-37-35-33-31-29-27-25-18-16-14-12-10-8-6-4-2)39-57-60(54,55)59-47-45(52)43(50)42(49)44(51)46(47)53/h17,19,40,42-47,49-53H,3-16,18,20-39H2,1-2H3,(H,54,55)/b19-17-. The second-order valence-electron chi connectivity index (χ2n) is 17.3. The summed E-state index contributed by atoms with van der Waals surface area (Å²) < 4.78 is 34.2. The first-order chi connectivity index (χ1) is 29.0. The van der Waals surface area contributed by atoms with E-state index in [0.717, 1.165) is 38.5 Å².